The van der Waals surface area contributed by atoms with Gasteiger partial charge in [-0.25, -0.2) is 4.98 Å². The van der Waals surface area contributed by atoms with Crippen molar-refractivity contribution >= 4 is 49.3 Å². The summed E-state index contributed by atoms with van der Waals surface area (Å²) in [6.07, 6.45) is 0. The Labute approximate surface area is 166 Å². The fourth-order valence-electron chi connectivity index (χ4n) is 3.34. The summed E-state index contributed by atoms with van der Waals surface area (Å²) in [7, 11) is -4.10. The molecule has 148 valence electrons. The van der Waals surface area contributed by atoms with Crippen LogP contribution in [0.5, 0.6) is 0 Å². The van der Waals surface area contributed by atoms with Gasteiger partial charge in [0.25, 0.3) is 0 Å². The lowest BCUT2D eigenvalue weighted by Gasteiger charge is -2.32. The van der Waals surface area contributed by atoms with Crippen molar-refractivity contribution in [2.75, 3.05) is 57.4 Å². The fraction of sp³-hybridized carbons (Fsp3) is 0.600. The average Bonchev–Trinajstić information content (AvgIpc) is 3.03. The number of piperazine rings is 1. The predicted octanol–water partition coefficient (Wildman–Crippen LogP) is 1.10. The minimum Gasteiger partial charge on any atom is -0.378 e. The number of fused-ring (bicyclic) bond motifs is 1. The van der Waals surface area contributed by atoms with Crippen LogP contribution in [0.15, 0.2) is 6.07 Å². The van der Waals surface area contributed by atoms with Gasteiger partial charge in [0.15, 0.2) is 5.82 Å². The van der Waals surface area contributed by atoms with Gasteiger partial charge >= 0.3 is 10.3 Å². The minimum atomic E-state index is -4.10. The summed E-state index contributed by atoms with van der Waals surface area (Å²) in [5, 5.41) is 0.232. The quantitative estimate of drug-likeness (QED) is 0.565. The lowest BCUT2D eigenvalue weighted by molar-refractivity contribution is 0.122. The number of nitrogens with zero attached hydrogens (tertiary/aromatic N) is 5. The SMILES string of the molecule is O=S(=O)(O)N1CCN(Cc2cc3nc(Cl)nc(N4CCOCC4)c3s2)CC1. The van der Waals surface area contributed by atoms with Crippen molar-refractivity contribution in [2.24, 2.45) is 0 Å². The lowest BCUT2D eigenvalue weighted by atomic mass is 10.3. The first kappa shape index (κ1) is 19.2. The van der Waals surface area contributed by atoms with Crippen molar-refractivity contribution in [1.29, 1.82) is 0 Å². The van der Waals surface area contributed by atoms with E-state index in [-0.39, 0.29) is 18.4 Å². The molecule has 2 saturated heterocycles. The molecule has 9 nitrogen and oxygen atoms in total. The third-order valence-electron chi connectivity index (χ3n) is 4.73. The molecule has 0 unspecified atom stereocenters. The molecule has 0 amide bonds. The summed E-state index contributed by atoms with van der Waals surface area (Å²) in [4.78, 5) is 14.3. The molecule has 0 saturated carbocycles. The number of aromatic nitrogens is 2. The topological polar surface area (TPSA) is 99.1 Å². The van der Waals surface area contributed by atoms with E-state index in [1.807, 2.05) is 6.07 Å². The highest BCUT2D eigenvalue weighted by Crippen LogP contribution is 2.34. The fourth-order valence-corrected chi connectivity index (χ4v) is 5.29. The first-order chi connectivity index (χ1) is 12.9. The Balaban J connectivity index is 1.52. The van der Waals surface area contributed by atoms with Gasteiger partial charge in [0, 0.05) is 50.7 Å². The van der Waals surface area contributed by atoms with Gasteiger partial charge in [-0.3, -0.25) is 9.45 Å². The average molecular weight is 434 g/mol. The van der Waals surface area contributed by atoms with Crippen molar-refractivity contribution in [3.8, 4) is 0 Å². The molecule has 0 spiro atoms. The molecule has 0 aromatic carbocycles. The van der Waals surface area contributed by atoms with Crippen LogP contribution in [0, 0.1) is 0 Å². The molecule has 2 fully saturated rings. The van der Waals surface area contributed by atoms with E-state index in [9.17, 15) is 8.42 Å². The maximum absolute atomic E-state index is 11.2. The summed E-state index contributed by atoms with van der Waals surface area (Å²) in [6, 6.07) is 2.02. The van der Waals surface area contributed by atoms with Crippen molar-refractivity contribution in [3.63, 3.8) is 0 Å². The molecule has 4 heterocycles. The van der Waals surface area contributed by atoms with Crippen LogP contribution in [0.2, 0.25) is 5.28 Å². The molecular weight excluding hydrogens is 414 g/mol. The summed E-state index contributed by atoms with van der Waals surface area (Å²) in [5.41, 5.74) is 0.827. The van der Waals surface area contributed by atoms with Crippen LogP contribution in [-0.4, -0.2) is 84.6 Å². The van der Waals surface area contributed by atoms with Crippen molar-refractivity contribution < 1.29 is 17.7 Å². The number of thiophene rings is 1. The van der Waals surface area contributed by atoms with Gasteiger partial charge in [-0.2, -0.15) is 17.7 Å². The highest BCUT2D eigenvalue weighted by atomic mass is 35.5. The van der Waals surface area contributed by atoms with E-state index in [4.69, 9.17) is 20.9 Å². The van der Waals surface area contributed by atoms with Gasteiger partial charge < -0.3 is 9.64 Å². The highest BCUT2D eigenvalue weighted by molar-refractivity contribution is 7.83. The van der Waals surface area contributed by atoms with E-state index in [0.717, 1.165) is 38.3 Å². The Hall–Kier alpha value is -1.08. The number of ether oxygens (including phenoxy) is 1. The molecule has 1 N–H and O–H groups in total. The van der Waals surface area contributed by atoms with E-state index >= 15 is 0 Å². The van der Waals surface area contributed by atoms with Crippen LogP contribution in [0.3, 0.4) is 0 Å². The van der Waals surface area contributed by atoms with Crippen LogP contribution in [0.25, 0.3) is 10.2 Å². The summed E-state index contributed by atoms with van der Waals surface area (Å²) >= 11 is 7.77. The molecular formula is C15H20ClN5O4S2. The van der Waals surface area contributed by atoms with Crippen LogP contribution >= 0.6 is 22.9 Å². The van der Waals surface area contributed by atoms with Gasteiger partial charge in [-0.05, 0) is 17.7 Å². The van der Waals surface area contributed by atoms with Crippen LogP contribution in [0.1, 0.15) is 4.88 Å². The van der Waals surface area contributed by atoms with Crippen LogP contribution in [0.4, 0.5) is 5.82 Å². The standard InChI is InChI=1S/C15H20ClN5O4S2/c16-15-17-12-9-11(10-19-1-3-21(4-2-19)27(22,23)24)26-13(12)14(18-15)20-5-7-25-8-6-20/h9H,1-8,10H2,(H,22,23,24). The second-order valence-corrected chi connectivity index (χ2v) is 9.38. The van der Waals surface area contributed by atoms with E-state index in [0.29, 0.717) is 32.8 Å². The minimum absolute atomic E-state index is 0.232. The van der Waals surface area contributed by atoms with Crippen molar-refractivity contribution in [3.05, 3.63) is 16.2 Å². The maximum atomic E-state index is 11.2. The van der Waals surface area contributed by atoms with Gasteiger partial charge in [0.2, 0.25) is 5.28 Å². The van der Waals surface area contributed by atoms with Crippen molar-refractivity contribution in [1.82, 2.24) is 19.2 Å². The molecule has 2 aromatic heterocycles. The van der Waals surface area contributed by atoms with E-state index in [2.05, 4.69) is 19.8 Å². The number of halogens is 1. The first-order valence-corrected chi connectivity index (χ1v) is 11.2. The summed E-state index contributed by atoms with van der Waals surface area (Å²) in [6.45, 7) is 5.27. The molecule has 0 radical (unpaired) electrons. The third-order valence-corrected chi connectivity index (χ3v) is 7.02. The highest BCUT2D eigenvalue weighted by Gasteiger charge is 2.26. The zero-order valence-electron chi connectivity index (χ0n) is 14.5. The monoisotopic (exact) mass is 433 g/mol. The number of hydrogen-bond donors (Lipinski definition) is 1. The van der Waals surface area contributed by atoms with E-state index in [1.165, 1.54) is 0 Å². The number of anilines is 1. The number of rotatable bonds is 4. The molecule has 0 aliphatic carbocycles. The first-order valence-electron chi connectivity index (χ1n) is 8.64. The van der Waals surface area contributed by atoms with Gasteiger partial charge in [0.05, 0.1) is 23.4 Å². The Kier molecular flexibility index (Phi) is 5.52. The Bertz CT molecular complexity index is 924. The van der Waals surface area contributed by atoms with Crippen LogP contribution in [-0.2, 0) is 21.6 Å². The summed E-state index contributed by atoms with van der Waals surface area (Å²) in [5.74, 6) is 0.848. The van der Waals surface area contributed by atoms with Crippen LogP contribution < -0.4 is 4.90 Å². The molecule has 2 aromatic rings. The Morgan fingerprint density at radius 1 is 1.15 bits per heavy atom. The Morgan fingerprint density at radius 2 is 1.85 bits per heavy atom. The largest absolute Gasteiger partial charge is 0.378 e. The van der Waals surface area contributed by atoms with Gasteiger partial charge in [-0.15, -0.1) is 11.3 Å². The Morgan fingerprint density at radius 3 is 2.52 bits per heavy atom. The summed E-state index contributed by atoms with van der Waals surface area (Å²) < 4.78 is 39.1. The van der Waals surface area contributed by atoms with Crippen molar-refractivity contribution in [2.45, 2.75) is 6.54 Å². The third kappa shape index (κ3) is 4.34. The predicted molar refractivity (Wildman–Crippen MR) is 104 cm³/mol. The molecule has 0 bridgehead atoms. The lowest BCUT2D eigenvalue weighted by Crippen LogP contribution is -2.47. The molecule has 0 atom stereocenters. The number of morpholine rings is 1. The molecule has 27 heavy (non-hydrogen) atoms. The molecule has 2 aliphatic heterocycles. The van der Waals surface area contributed by atoms with E-state index in [1.54, 1.807) is 11.3 Å². The zero-order valence-corrected chi connectivity index (χ0v) is 16.9. The van der Waals surface area contributed by atoms with Gasteiger partial charge in [-0.1, -0.05) is 0 Å². The van der Waals surface area contributed by atoms with Gasteiger partial charge in [0.1, 0.15) is 0 Å². The zero-order chi connectivity index (χ0) is 19.0. The number of hydrogen-bond acceptors (Lipinski definition) is 8. The molecule has 2 aliphatic rings. The van der Waals surface area contributed by atoms with E-state index < -0.39 is 10.3 Å². The molecule has 4 rings (SSSR count). The maximum Gasteiger partial charge on any atom is 0.335 e. The second kappa shape index (κ2) is 7.74. The normalized spacial score (nSPS) is 20.4. The smallest absolute Gasteiger partial charge is 0.335 e. The second-order valence-electron chi connectivity index (χ2n) is 6.50. The molecule has 12 heteroatoms.